The van der Waals surface area contributed by atoms with Gasteiger partial charge in [-0.1, -0.05) is 0 Å². The number of nitrogens with zero attached hydrogens (tertiary/aromatic N) is 1. The van der Waals surface area contributed by atoms with Crippen LogP contribution in [-0.4, -0.2) is 74.0 Å². The molecule has 2 N–H and O–H groups in total. The molecule has 1 fully saturated rings. The molecule has 0 saturated carbocycles. The van der Waals surface area contributed by atoms with Gasteiger partial charge in [-0.05, 0) is 6.92 Å². The molecule has 1 amide bonds. The van der Waals surface area contributed by atoms with Crippen LogP contribution in [0.15, 0.2) is 0 Å². The van der Waals surface area contributed by atoms with Gasteiger partial charge in [0.25, 0.3) is 0 Å². The number of methoxy groups -OCH3 is 1. The summed E-state index contributed by atoms with van der Waals surface area (Å²) in [4.78, 5) is 24.8. The van der Waals surface area contributed by atoms with Crippen molar-refractivity contribution in [3.8, 4) is 0 Å². The molecule has 0 aromatic heterocycles. The van der Waals surface area contributed by atoms with Crippen LogP contribution >= 0.6 is 0 Å². The molecule has 0 radical (unpaired) electrons. The van der Waals surface area contributed by atoms with Gasteiger partial charge in [-0.3, -0.25) is 9.69 Å². The molecule has 0 spiro atoms. The van der Waals surface area contributed by atoms with E-state index in [-0.39, 0.29) is 19.1 Å². The molecule has 0 aliphatic carbocycles. The predicted octanol–water partition coefficient (Wildman–Crippen LogP) is -1.64. The lowest BCUT2D eigenvalue weighted by Gasteiger charge is -2.37. The fourth-order valence-electron chi connectivity index (χ4n) is 1.92. The highest BCUT2D eigenvalue weighted by Crippen LogP contribution is 2.14. The quantitative estimate of drug-likeness (QED) is 0.589. The van der Waals surface area contributed by atoms with Crippen molar-refractivity contribution in [3.63, 3.8) is 0 Å². The van der Waals surface area contributed by atoms with Gasteiger partial charge >= 0.3 is 5.97 Å². The van der Waals surface area contributed by atoms with Gasteiger partial charge in [0.2, 0.25) is 5.91 Å². The monoisotopic (exact) mass is 260 g/mol. The van der Waals surface area contributed by atoms with E-state index in [4.69, 9.17) is 4.74 Å². The molecule has 1 rings (SSSR count). The summed E-state index contributed by atoms with van der Waals surface area (Å²) in [7, 11) is 2.75. The van der Waals surface area contributed by atoms with Crippen LogP contribution < -0.4 is 5.32 Å². The molecule has 18 heavy (non-hydrogen) atoms. The molecule has 7 heteroatoms. The summed E-state index contributed by atoms with van der Waals surface area (Å²) in [5, 5.41) is 12.6. The van der Waals surface area contributed by atoms with Gasteiger partial charge < -0.3 is 19.9 Å². The third kappa shape index (κ3) is 3.41. The zero-order chi connectivity index (χ0) is 13.8. The highest BCUT2D eigenvalue weighted by atomic mass is 16.5. The van der Waals surface area contributed by atoms with Gasteiger partial charge in [0.15, 0.2) is 5.60 Å². The van der Waals surface area contributed by atoms with Crippen LogP contribution in [0, 0.1) is 0 Å². The lowest BCUT2D eigenvalue weighted by molar-refractivity contribution is -0.165. The molecule has 104 valence electrons. The minimum atomic E-state index is -1.64. The summed E-state index contributed by atoms with van der Waals surface area (Å²) in [6.45, 7) is 2.59. The number of β-amino-alcohol motifs (C(OH)–C–C–N with tert-alkyl or cyclic N) is 1. The molecule has 0 aromatic rings. The van der Waals surface area contributed by atoms with Crippen LogP contribution in [0.25, 0.3) is 0 Å². The topological polar surface area (TPSA) is 88.1 Å². The first-order valence-electron chi connectivity index (χ1n) is 5.76. The Labute approximate surface area is 106 Å². The summed E-state index contributed by atoms with van der Waals surface area (Å²) < 4.78 is 9.77. The average molecular weight is 260 g/mol. The van der Waals surface area contributed by atoms with Crippen LogP contribution in [-0.2, 0) is 19.1 Å². The van der Waals surface area contributed by atoms with Crippen LogP contribution in [0.1, 0.15) is 6.92 Å². The third-order valence-corrected chi connectivity index (χ3v) is 2.92. The van der Waals surface area contributed by atoms with E-state index in [9.17, 15) is 14.7 Å². The predicted molar refractivity (Wildman–Crippen MR) is 62.9 cm³/mol. The second kappa shape index (κ2) is 6.12. The Kier molecular flexibility index (Phi) is 5.06. The Bertz CT molecular complexity index is 319. The molecule has 1 aliphatic heterocycles. The smallest absolute Gasteiger partial charge is 0.338 e. The number of rotatable bonds is 4. The Morgan fingerprint density at radius 3 is 2.83 bits per heavy atom. The van der Waals surface area contributed by atoms with Crippen molar-refractivity contribution in [2.24, 2.45) is 0 Å². The van der Waals surface area contributed by atoms with Crippen LogP contribution in [0.2, 0.25) is 0 Å². The number of esters is 1. The lowest BCUT2D eigenvalue weighted by Crippen LogP contribution is -2.58. The second-order valence-corrected chi connectivity index (χ2v) is 4.44. The number of hydrogen-bond donors (Lipinski definition) is 2. The van der Waals surface area contributed by atoms with Crippen molar-refractivity contribution in [1.82, 2.24) is 10.2 Å². The Morgan fingerprint density at radius 2 is 2.28 bits per heavy atom. The number of carbonyl (C=O) groups is 2. The van der Waals surface area contributed by atoms with Crippen molar-refractivity contribution < 1.29 is 24.2 Å². The number of nitrogens with one attached hydrogen (secondary N) is 1. The third-order valence-electron chi connectivity index (χ3n) is 2.92. The number of ether oxygens (including phenoxy) is 2. The van der Waals surface area contributed by atoms with Gasteiger partial charge in [-0.25, -0.2) is 4.79 Å². The van der Waals surface area contributed by atoms with Crippen molar-refractivity contribution in [2.75, 3.05) is 40.5 Å². The molecule has 0 aromatic carbocycles. The number of likely N-dealkylation sites (N-methyl/N-ethyl adjacent to an activating group) is 1. The minimum absolute atomic E-state index is 0.0289. The summed E-state index contributed by atoms with van der Waals surface area (Å²) in [5.74, 6) is -0.917. The SMILES string of the molecule is CNC(=O)C1COCCN1CC(C)(O)C(=O)OC. The maximum Gasteiger partial charge on any atom is 0.338 e. The fraction of sp³-hybridized carbons (Fsp3) is 0.818. The Balaban J connectivity index is 2.73. The van der Waals surface area contributed by atoms with E-state index in [0.29, 0.717) is 13.2 Å². The van der Waals surface area contributed by atoms with Crippen LogP contribution in [0.3, 0.4) is 0 Å². The highest BCUT2D eigenvalue weighted by molar-refractivity contribution is 5.82. The molecule has 7 nitrogen and oxygen atoms in total. The highest BCUT2D eigenvalue weighted by Gasteiger charge is 2.38. The minimum Gasteiger partial charge on any atom is -0.467 e. The van der Waals surface area contributed by atoms with Crippen molar-refractivity contribution >= 4 is 11.9 Å². The van der Waals surface area contributed by atoms with E-state index < -0.39 is 17.6 Å². The van der Waals surface area contributed by atoms with E-state index in [0.717, 1.165) is 0 Å². The number of amides is 1. The van der Waals surface area contributed by atoms with Crippen LogP contribution in [0.5, 0.6) is 0 Å². The Morgan fingerprint density at radius 1 is 1.61 bits per heavy atom. The molecule has 1 aliphatic rings. The largest absolute Gasteiger partial charge is 0.467 e. The van der Waals surface area contributed by atoms with Crippen molar-refractivity contribution in [3.05, 3.63) is 0 Å². The summed E-state index contributed by atoms with van der Waals surface area (Å²) in [6.07, 6.45) is 0. The van der Waals surface area contributed by atoms with Gasteiger partial charge in [-0.15, -0.1) is 0 Å². The summed E-state index contributed by atoms with van der Waals surface area (Å²) in [5.41, 5.74) is -1.64. The average Bonchev–Trinajstić information content (AvgIpc) is 2.37. The first-order valence-corrected chi connectivity index (χ1v) is 5.76. The van der Waals surface area contributed by atoms with Gasteiger partial charge in [-0.2, -0.15) is 0 Å². The maximum absolute atomic E-state index is 11.7. The molecular formula is C11H20N2O5. The number of aliphatic hydroxyl groups is 1. The van der Waals surface area contributed by atoms with Gasteiger partial charge in [0.05, 0.1) is 20.3 Å². The zero-order valence-corrected chi connectivity index (χ0v) is 10.9. The van der Waals surface area contributed by atoms with E-state index >= 15 is 0 Å². The maximum atomic E-state index is 11.7. The first-order chi connectivity index (χ1) is 8.42. The first kappa shape index (κ1) is 14.9. The number of hydrogen-bond acceptors (Lipinski definition) is 6. The summed E-state index contributed by atoms with van der Waals surface area (Å²) >= 11 is 0. The standard InChI is InChI=1S/C11H20N2O5/c1-11(16,10(15)17-3)7-13-4-5-18-6-8(13)9(14)12-2/h8,16H,4-7H2,1-3H3,(H,12,14). The Hall–Kier alpha value is -1.18. The van der Waals surface area contributed by atoms with E-state index in [1.807, 2.05) is 0 Å². The van der Waals surface area contributed by atoms with E-state index in [1.165, 1.54) is 21.1 Å². The number of morpholine rings is 1. The molecule has 2 atom stereocenters. The fourth-order valence-corrected chi connectivity index (χ4v) is 1.92. The molecule has 2 unspecified atom stereocenters. The van der Waals surface area contributed by atoms with Crippen molar-refractivity contribution in [2.45, 2.75) is 18.6 Å². The summed E-state index contributed by atoms with van der Waals surface area (Å²) in [6, 6.07) is -0.500. The normalized spacial score (nSPS) is 24.1. The molecular weight excluding hydrogens is 240 g/mol. The molecule has 0 bridgehead atoms. The van der Waals surface area contributed by atoms with E-state index in [2.05, 4.69) is 10.1 Å². The van der Waals surface area contributed by atoms with Crippen LogP contribution in [0.4, 0.5) is 0 Å². The number of carbonyl (C=O) groups excluding carboxylic acids is 2. The zero-order valence-electron chi connectivity index (χ0n) is 10.9. The van der Waals surface area contributed by atoms with E-state index in [1.54, 1.807) is 4.90 Å². The molecule has 1 heterocycles. The lowest BCUT2D eigenvalue weighted by atomic mass is 10.0. The second-order valence-electron chi connectivity index (χ2n) is 4.44. The van der Waals surface area contributed by atoms with Gasteiger partial charge in [0.1, 0.15) is 6.04 Å². The van der Waals surface area contributed by atoms with Gasteiger partial charge in [0, 0.05) is 20.1 Å². The van der Waals surface area contributed by atoms with Crippen molar-refractivity contribution in [1.29, 1.82) is 0 Å². The molecule has 1 saturated heterocycles.